The fraction of sp³-hybridized carbons (Fsp3) is 0.300. The van der Waals surface area contributed by atoms with Crippen LogP contribution in [-0.4, -0.2) is 28.7 Å². The summed E-state index contributed by atoms with van der Waals surface area (Å²) < 4.78 is 0. The summed E-state index contributed by atoms with van der Waals surface area (Å²) in [5.41, 5.74) is -0.0431. The van der Waals surface area contributed by atoms with Crippen molar-refractivity contribution >= 4 is 29.0 Å². The third-order valence-corrected chi connectivity index (χ3v) is 2.37. The van der Waals surface area contributed by atoms with Crippen LogP contribution in [0.25, 0.3) is 0 Å². The van der Waals surface area contributed by atoms with Gasteiger partial charge < -0.3 is 15.7 Å². The number of nitrogens with zero attached hydrogens (tertiary/aromatic N) is 1. The Morgan fingerprint density at radius 2 is 2.28 bits per heavy atom. The Hall–Kier alpha value is -1.86. The predicted molar refractivity (Wildman–Crippen MR) is 66.8 cm³/mol. The third-order valence-electron chi connectivity index (χ3n) is 2.05. The highest BCUT2D eigenvalue weighted by atomic mass is 35.5. The molecule has 0 aromatic heterocycles. The normalized spacial score (nSPS) is 11.7. The first-order valence-corrected chi connectivity index (χ1v) is 5.44. The van der Waals surface area contributed by atoms with Crippen LogP contribution in [0.4, 0.5) is 16.2 Å². The molecule has 0 aliphatic heterocycles. The topological polar surface area (TPSA) is 104 Å². The summed E-state index contributed by atoms with van der Waals surface area (Å²) >= 11 is 5.63. The molecule has 0 heterocycles. The number of hydrogen-bond donors (Lipinski definition) is 3. The summed E-state index contributed by atoms with van der Waals surface area (Å²) in [6, 6.07) is 2.95. The van der Waals surface area contributed by atoms with Crippen LogP contribution in [-0.2, 0) is 0 Å². The van der Waals surface area contributed by atoms with Crippen LogP contribution in [0.1, 0.15) is 6.92 Å². The van der Waals surface area contributed by atoms with Gasteiger partial charge in [-0.05, 0) is 19.1 Å². The Morgan fingerprint density at radius 3 is 2.83 bits per heavy atom. The lowest BCUT2D eigenvalue weighted by Gasteiger charge is -2.11. The van der Waals surface area contributed by atoms with E-state index < -0.39 is 17.0 Å². The molecule has 0 saturated heterocycles. The summed E-state index contributed by atoms with van der Waals surface area (Å²) in [5, 5.41) is 24.2. The second-order valence-corrected chi connectivity index (χ2v) is 4.01. The van der Waals surface area contributed by atoms with Crippen molar-refractivity contribution in [3.63, 3.8) is 0 Å². The third kappa shape index (κ3) is 3.86. The van der Waals surface area contributed by atoms with Crippen LogP contribution < -0.4 is 10.6 Å². The summed E-state index contributed by atoms with van der Waals surface area (Å²) in [4.78, 5) is 21.4. The van der Waals surface area contributed by atoms with Crippen LogP contribution in [0, 0.1) is 10.1 Å². The van der Waals surface area contributed by atoms with Crippen molar-refractivity contribution in [2.45, 2.75) is 13.0 Å². The molecule has 0 radical (unpaired) electrons. The van der Waals surface area contributed by atoms with Crippen molar-refractivity contribution in [2.24, 2.45) is 0 Å². The molecule has 8 heteroatoms. The number of carbonyl (C=O) groups excluding carboxylic acids is 1. The zero-order chi connectivity index (χ0) is 13.7. The summed E-state index contributed by atoms with van der Waals surface area (Å²) in [6.07, 6.45) is 0. The van der Waals surface area contributed by atoms with Gasteiger partial charge in [-0.3, -0.25) is 10.1 Å². The number of anilines is 1. The maximum atomic E-state index is 11.4. The number of urea groups is 1. The van der Waals surface area contributed by atoms with E-state index in [0.717, 1.165) is 6.07 Å². The zero-order valence-corrected chi connectivity index (χ0v) is 10.3. The van der Waals surface area contributed by atoms with Gasteiger partial charge in [0, 0.05) is 11.8 Å². The Balaban J connectivity index is 2.76. The molecule has 1 aromatic carbocycles. The van der Waals surface area contributed by atoms with E-state index in [2.05, 4.69) is 10.6 Å². The van der Waals surface area contributed by atoms with Gasteiger partial charge in [-0.2, -0.15) is 0 Å². The van der Waals surface area contributed by atoms with E-state index in [0.29, 0.717) is 0 Å². The van der Waals surface area contributed by atoms with Gasteiger partial charge in [0.05, 0.1) is 17.6 Å². The molecule has 1 unspecified atom stereocenters. The highest BCUT2D eigenvalue weighted by Gasteiger charge is 2.14. The number of nitro groups is 1. The molecule has 0 spiro atoms. The van der Waals surface area contributed by atoms with Gasteiger partial charge in [-0.1, -0.05) is 11.6 Å². The maximum absolute atomic E-state index is 11.4. The number of nitro benzene ring substituents is 1. The molecule has 2 amide bonds. The second-order valence-electron chi connectivity index (χ2n) is 3.61. The molecule has 0 fully saturated rings. The molecule has 0 saturated carbocycles. The van der Waals surface area contributed by atoms with Crippen molar-refractivity contribution < 1.29 is 14.8 Å². The molecule has 0 aliphatic rings. The quantitative estimate of drug-likeness (QED) is 0.574. The van der Waals surface area contributed by atoms with Crippen molar-refractivity contribution in [1.29, 1.82) is 0 Å². The zero-order valence-electron chi connectivity index (χ0n) is 9.51. The lowest BCUT2D eigenvalue weighted by atomic mass is 10.3. The van der Waals surface area contributed by atoms with Crippen LogP contribution in [0.3, 0.4) is 0 Å². The van der Waals surface area contributed by atoms with Crippen molar-refractivity contribution in [2.75, 3.05) is 11.9 Å². The molecule has 1 aromatic rings. The minimum atomic E-state index is -0.637. The first-order valence-electron chi connectivity index (χ1n) is 5.06. The minimum Gasteiger partial charge on any atom is -0.394 e. The molecule has 0 aliphatic carbocycles. The molecule has 18 heavy (non-hydrogen) atoms. The number of aliphatic hydroxyl groups excluding tert-OH is 1. The van der Waals surface area contributed by atoms with E-state index in [-0.39, 0.29) is 23.0 Å². The van der Waals surface area contributed by atoms with Crippen LogP contribution in [0.5, 0.6) is 0 Å². The smallest absolute Gasteiger partial charge is 0.319 e. The average Bonchev–Trinajstić information content (AvgIpc) is 2.31. The van der Waals surface area contributed by atoms with E-state index in [1.807, 2.05) is 0 Å². The number of rotatable bonds is 4. The highest BCUT2D eigenvalue weighted by Crippen LogP contribution is 2.27. The van der Waals surface area contributed by atoms with Gasteiger partial charge in [-0.15, -0.1) is 0 Å². The monoisotopic (exact) mass is 273 g/mol. The van der Waals surface area contributed by atoms with Crippen molar-refractivity contribution in [3.8, 4) is 0 Å². The Labute approximate surface area is 108 Å². The number of halogens is 1. The number of carbonyl (C=O) groups is 1. The van der Waals surface area contributed by atoms with Gasteiger partial charge in [-0.25, -0.2) is 4.79 Å². The number of benzene rings is 1. The van der Waals surface area contributed by atoms with Crippen LogP contribution >= 0.6 is 11.6 Å². The van der Waals surface area contributed by atoms with Crippen LogP contribution in [0.2, 0.25) is 5.02 Å². The number of nitrogens with one attached hydrogen (secondary N) is 2. The summed E-state index contributed by atoms with van der Waals surface area (Å²) in [7, 11) is 0. The average molecular weight is 274 g/mol. The SMILES string of the molecule is CC(CO)NC(=O)Nc1ccc(Cl)c([N+](=O)[O-])c1. The summed E-state index contributed by atoms with van der Waals surface area (Å²) in [6.45, 7) is 1.41. The molecule has 1 rings (SSSR count). The van der Waals surface area contributed by atoms with E-state index in [1.165, 1.54) is 12.1 Å². The minimum absolute atomic E-state index is 0.00492. The molecular weight excluding hydrogens is 262 g/mol. The van der Waals surface area contributed by atoms with Crippen LogP contribution in [0.15, 0.2) is 18.2 Å². The first-order chi connectivity index (χ1) is 8.43. The first kappa shape index (κ1) is 14.2. The molecule has 0 bridgehead atoms. The van der Waals surface area contributed by atoms with Gasteiger partial charge in [0.1, 0.15) is 5.02 Å². The number of aliphatic hydroxyl groups is 1. The van der Waals surface area contributed by atoms with E-state index in [9.17, 15) is 14.9 Å². The molecule has 7 nitrogen and oxygen atoms in total. The second kappa shape index (κ2) is 6.18. The Kier molecular flexibility index (Phi) is 4.87. The number of hydrogen-bond acceptors (Lipinski definition) is 4. The van der Waals surface area contributed by atoms with Gasteiger partial charge in [0.25, 0.3) is 5.69 Å². The Bertz CT molecular complexity index is 466. The van der Waals surface area contributed by atoms with E-state index >= 15 is 0 Å². The molecule has 98 valence electrons. The maximum Gasteiger partial charge on any atom is 0.319 e. The van der Waals surface area contributed by atoms with E-state index in [1.54, 1.807) is 6.92 Å². The lowest BCUT2D eigenvalue weighted by Crippen LogP contribution is -2.38. The molecular formula is C10H12ClN3O4. The van der Waals surface area contributed by atoms with Gasteiger partial charge in [0.15, 0.2) is 0 Å². The van der Waals surface area contributed by atoms with Gasteiger partial charge in [0.2, 0.25) is 0 Å². The fourth-order valence-electron chi connectivity index (χ4n) is 1.17. The molecule has 1 atom stereocenters. The van der Waals surface area contributed by atoms with Gasteiger partial charge >= 0.3 is 6.03 Å². The largest absolute Gasteiger partial charge is 0.394 e. The van der Waals surface area contributed by atoms with Crippen molar-refractivity contribution in [1.82, 2.24) is 5.32 Å². The highest BCUT2D eigenvalue weighted by molar-refractivity contribution is 6.32. The fourth-order valence-corrected chi connectivity index (χ4v) is 1.35. The summed E-state index contributed by atoms with van der Waals surface area (Å²) in [5.74, 6) is 0. The predicted octanol–water partition coefficient (Wildman–Crippen LogP) is 1.75. The number of amides is 2. The van der Waals surface area contributed by atoms with E-state index in [4.69, 9.17) is 16.7 Å². The molecule has 3 N–H and O–H groups in total. The Morgan fingerprint density at radius 1 is 1.61 bits per heavy atom. The van der Waals surface area contributed by atoms with Crippen molar-refractivity contribution in [3.05, 3.63) is 33.3 Å². The lowest BCUT2D eigenvalue weighted by molar-refractivity contribution is -0.384. The standard InChI is InChI=1S/C10H12ClN3O4/c1-6(5-15)12-10(16)13-7-2-3-8(11)9(4-7)14(17)18/h2-4,6,15H,5H2,1H3,(H2,12,13,16).